The van der Waals surface area contributed by atoms with Crippen molar-refractivity contribution in [2.24, 2.45) is 0 Å². The second kappa shape index (κ2) is 4.17. The van der Waals surface area contributed by atoms with Crippen LogP contribution in [0.4, 0.5) is 5.13 Å². The molecule has 2 heterocycles. The molecule has 0 atom stereocenters. The number of nitrogens with zero attached hydrogens (tertiary/aromatic N) is 2. The van der Waals surface area contributed by atoms with Crippen molar-refractivity contribution in [3.05, 3.63) is 9.48 Å². The number of hydrogen-bond acceptors (Lipinski definition) is 4. The van der Waals surface area contributed by atoms with Crippen molar-refractivity contribution in [1.82, 2.24) is 4.98 Å². The fraction of sp³-hybridized carbons (Fsp3) is 0.545. The van der Waals surface area contributed by atoms with Gasteiger partial charge in [-0.2, -0.15) is 0 Å². The lowest BCUT2D eigenvalue weighted by molar-refractivity contribution is -0.121. The summed E-state index contributed by atoms with van der Waals surface area (Å²) in [6, 6.07) is 0. The van der Waals surface area contributed by atoms with Crippen molar-refractivity contribution in [2.75, 3.05) is 11.4 Å². The molecule has 1 saturated heterocycles. The van der Waals surface area contributed by atoms with Gasteiger partial charge in [0.1, 0.15) is 0 Å². The van der Waals surface area contributed by atoms with Crippen LogP contribution < -0.4 is 4.90 Å². The second-order valence-corrected chi connectivity index (χ2v) is 7.36. The van der Waals surface area contributed by atoms with Gasteiger partial charge in [-0.25, -0.2) is 4.98 Å². The first-order valence-corrected chi connectivity index (χ1v) is 6.89. The standard InChI is InChI=1S/C11H13BrN2O2S/c1-11(2,3)8-9(12)17-10(13-8)14-5-6(15)4-7(14)16/h4-5H2,1-3H3. The molecular formula is C11H13BrN2O2S. The molecular weight excluding hydrogens is 304 g/mol. The Hall–Kier alpha value is -0.750. The Morgan fingerprint density at radius 1 is 1.35 bits per heavy atom. The van der Waals surface area contributed by atoms with E-state index < -0.39 is 0 Å². The summed E-state index contributed by atoms with van der Waals surface area (Å²) in [4.78, 5) is 28.8. The lowest BCUT2D eigenvalue weighted by atomic mass is 9.93. The monoisotopic (exact) mass is 316 g/mol. The van der Waals surface area contributed by atoms with Crippen LogP contribution in [-0.4, -0.2) is 23.2 Å². The van der Waals surface area contributed by atoms with Crippen molar-refractivity contribution in [3.63, 3.8) is 0 Å². The molecule has 0 unspecified atom stereocenters. The third-order valence-corrected chi connectivity index (χ3v) is 4.23. The zero-order chi connectivity index (χ0) is 12.8. The summed E-state index contributed by atoms with van der Waals surface area (Å²) in [6.45, 7) is 6.34. The van der Waals surface area contributed by atoms with Crippen LogP contribution >= 0.6 is 27.3 Å². The number of aromatic nitrogens is 1. The molecule has 2 rings (SSSR count). The van der Waals surface area contributed by atoms with Gasteiger partial charge in [0, 0.05) is 5.41 Å². The van der Waals surface area contributed by atoms with Crippen LogP contribution in [0.3, 0.4) is 0 Å². The minimum Gasteiger partial charge on any atom is -0.297 e. The first kappa shape index (κ1) is 12.7. The number of Topliss-reactive ketones (excluding diaryl/α,β-unsaturated/α-hetero) is 1. The number of anilines is 1. The quantitative estimate of drug-likeness (QED) is 0.748. The maximum Gasteiger partial charge on any atom is 0.236 e. The highest BCUT2D eigenvalue weighted by Gasteiger charge is 2.32. The molecule has 1 amide bonds. The molecule has 0 N–H and O–H groups in total. The molecule has 1 aromatic rings. The first-order valence-electron chi connectivity index (χ1n) is 5.28. The molecule has 0 saturated carbocycles. The number of carbonyl (C=O) groups excluding carboxylic acids is 2. The van der Waals surface area contributed by atoms with E-state index in [0.717, 1.165) is 9.48 Å². The van der Waals surface area contributed by atoms with Gasteiger partial charge >= 0.3 is 0 Å². The summed E-state index contributed by atoms with van der Waals surface area (Å²) in [5, 5.41) is 0.609. The molecule has 1 fully saturated rings. The third kappa shape index (κ3) is 2.42. The Labute approximate surface area is 112 Å². The van der Waals surface area contributed by atoms with Gasteiger partial charge in [-0.05, 0) is 15.9 Å². The van der Waals surface area contributed by atoms with Gasteiger partial charge in [0.2, 0.25) is 5.91 Å². The van der Waals surface area contributed by atoms with Gasteiger partial charge in [-0.15, -0.1) is 0 Å². The molecule has 0 spiro atoms. The Morgan fingerprint density at radius 2 is 2.00 bits per heavy atom. The van der Waals surface area contributed by atoms with Gasteiger partial charge in [0.05, 0.1) is 22.4 Å². The minimum absolute atomic E-state index is 0.00203. The molecule has 0 aromatic carbocycles. The van der Waals surface area contributed by atoms with Crippen LogP contribution in [0.1, 0.15) is 32.9 Å². The molecule has 4 nitrogen and oxygen atoms in total. The van der Waals surface area contributed by atoms with E-state index in [1.807, 2.05) is 0 Å². The molecule has 0 bridgehead atoms. The Bertz CT molecular complexity index is 490. The molecule has 17 heavy (non-hydrogen) atoms. The average molecular weight is 317 g/mol. The van der Waals surface area contributed by atoms with E-state index in [0.29, 0.717) is 5.13 Å². The highest BCUT2D eigenvalue weighted by molar-refractivity contribution is 9.11. The third-order valence-electron chi connectivity index (χ3n) is 2.50. The van der Waals surface area contributed by atoms with Crippen molar-refractivity contribution >= 4 is 44.1 Å². The van der Waals surface area contributed by atoms with Crippen LogP contribution in [0.25, 0.3) is 0 Å². The Morgan fingerprint density at radius 3 is 2.41 bits per heavy atom. The maximum absolute atomic E-state index is 11.6. The van der Waals surface area contributed by atoms with E-state index in [2.05, 4.69) is 41.7 Å². The van der Waals surface area contributed by atoms with Crippen LogP contribution in [-0.2, 0) is 15.0 Å². The van der Waals surface area contributed by atoms with Crippen molar-refractivity contribution in [3.8, 4) is 0 Å². The predicted molar refractivity (Wildman–Crippen MR) is 70.5 cm³/mol. The van der Waals surface area contributed by atoms with Crippen LogP contribution in [0, 0.1) is 0 Å². The number of ketones is 1. The number of rotatable bonds is 1. The van der Waals surface area contributed by atoms with E-state index in [1.165, 1.54) is 16.2 Å². The zero-order valence-electron chi connectivity index (χ0n) is 9.91. The van der Waals surface area contributed by atoms with Gasteiger partial charge in [0.25, 0.3) is 0 Å². The van der Waals surface area contributed by atoms with Crippen LogP contribution in [0.5, 0.6) is 0 Å². The maximum atomic E-state index is 11.6. The fourth-order valence-corrected chi connectivity index (χ4v) is 3.77. The molecule has 1 aromatic heterocycles. The van der Waals surface area contributed by atoms with E-state index >= 15 is 0 Å². The molecule has 6 heteroatoms. The topological polar surface area (TPSA) is 50.3 Å². The fourth-order valence-electron chi connectivity index (χ4n) is 1.63. The lowest BCUT2D eigenvalue weighted by Crippen LogP contribution is -2.24. The Balaban J connectivity index is 2.36. The first-order chi connectivity index (χ1) is 7.79. The zero-order valence-corrected chi connectivity index (χ0v) is 12.3. The summed E-state index contributed by atoms with van der Waals surface area (Å²) in [5.74, 6) is -0.199. The highest BCUT2D eigenvalue weighted by atomic mass is 79.9. The molecule has 0 radical (unpaired) electrons. The molecule has 0 aliphatic carbocycles. The SMILES string of the molecule is CC(C)(C)c1nc(N2CC(=O)CC2=O)sc1Br. The van der Waals surface area contributed by atoms with Gasteiger partial charge in [-0.1, -0.05) is 32.1 Å². The van der Waals surface area contributed by atoms with Crippen molar-refractivity contribution in [1.29, 1.82) is 0 Å². The van der Waals surface area contributed by atoms with Crippen molar-refractivity contribution < 1.29 is 9.59 Å². The van der Waals surface area contributed by atoms with E-state index in [4.69, 9.17) is 0 Å². The highest BCUT2D eigenvalue weighted by Crippen LogP contribution is 2.38. The van der Waals surface area contributed by atoms with Gasteiger partial charge < -0.3 is 0 Å². The summed E-state index contributed by atoms with van der Waals surface area (Å²) < 4.78 is 0.923. The molecule has 1 aliphatic rings. The Kier molecular flexibility index (Phi) is 3.12. The molecule has 1 aliphatic heterocycles. The van der Waals surface area contributed by atoms with E-state index in [-0.39, 0.29) is 30.1 Å². The number of thiazole rings is 1. The predicted octanol–water partition coefficient (Wildman–Crippen LogP) is 2.51. The normalized spacial score (nSPS) is 17.1. The second-order valence-electron chi connectivity index (χ2n) is 5.06. The number of hydrogen-bond donors (Lipinski definition) is 0. The smallest absolute Gasteiger partial charge is 0.236 e. The average Bonchev–Trinajstić information content (AvgIpc) is 2.68. The van der Waals surface area contributed by atoms with Crippen molar-refractivity contribution in [2.45, 2.75) is 32.6 Å². The number of amides is 1. The summed E-state index contributed by atoms with van der Waals surface area (Å²) in [6.07, 6.45) is 0.00203. The number of halogens is 1. The molecule has 92 valence electrons. The lowest BCUT2D eigenvalue weighted by Gasteiger charge is -2.16. The van der Waals surface area contributed by atoms with Gasteiger partial charge in [0.15, 0.2) is 10.9 Å². The summed E-state index contributed by atoms with van der Waals surface area (Å²) in [5.41, 5.74) is 0.838. The van der Waals surface area contributed by atoms with Crippen LogP contribution in [0.15, 0.2) is 3.79 Å². The van der Waals surface area contributed by atoms with Crippen LogP contribution in [0.2, 0.25) is 0 Å². The number of carbonyl (C=O) groups is 2. The minimum atomic E-state index is -0.156. The summed E-state index contributed by atoms with van der Waals surface area (Å²) in [7, 11) is 0. The van der Waals surface area contributed by atoms with Gasteiger partial charge in [-0.3, -0.25) is 14.5 Å². The summed E-state index contributed by atoms with van der Waals surface area (Å²) >= 11 is 4.87. The van der Waals surface area contributed by atoms with E-state index in [9.17, 15) is 9.59 Å². The van der Waals surface area contributed by atoms with E-state index in [1.54, 1.807) is 0 Å². The largest absolute Gasteiger partial charge is 0.297 e.